The molecule has 16 heavy (non-hydrogen) atoms. The summed E-state index contributed by atoms with van der Waals surface area (Å²) in [6.07, 6.45) is 0. The minimum atomic E-state index is 0.461. The third-order valence-electron chi connectivity index (χ3n) is 2.82. The van der Waals surface area contributed by atoms with Gasteiger partial charge < -0.3 is 4.89 Å². The zero-order chi connectivity index (χ0) is 11.0. The predicted molar refractivity (Wildman–Crippen MR) is 64.7 cm³/mol. The van der Waals surface area contributed by atoms with Crippen molar-refractivity contribution in [2.75, 3.05) is 0 Å². The molecule has 0 unspecified atom stereocenters. The molecule has 0 fully saturated rings. The molecule has 78 valence electrons. The zero-order valence-corrected chi connectivity index (χ0v) is 8.55. The van der Waals surface area contributed by atoms with E-state index < -0.39 is 0 Å². The van der Waals surface area contributed by atoms with Crippen molar-refractivity contribution in [1.82, 2.24) is 0 Å². The first-order chi connectivity index (χ1) is 7.88. The summed E-state index contributed by atoms with van der Waals surface area (Å²) in [5.74, 6) is 0.461. The second-order valence-electron chi connectivity index (χ2n) is 3.76. The van der Waals surface area contributed by atoms with Crippen molar-refractivity contribution in [2.45, 2.75) is 0 Å². The number of benzene rings is 3. The highest BCUT2D eigenvalue weighted by Gasteiger charge is 2.01. The highest BCUT2D eigenvalue weighted by molar-refractivity contribution is 6.07. The molecule has 2 heteroatoms. The van der Waals surface area contributed by atoms with Gasteiger partial charge in [0.15, 0.2) is 5.75 Å². The number of hydrogen-bond acceptors (Lipinski definition) is 2. The van der Waals surface area contributed by atoms with Crippen molar-refractivity contribution in [3.8, 4) is 5.75 Å². The van der Waals surface area contributed by atoms with E-state index in [1.807, 2.05) is 30.3 Å². The molecular formula is C14H10O2. The lowest BCUT2D eigenvalue weighted by molar-refractivity contribution is -0.137. The fourth-order valence-corrected chi connectivity index (χ4v) is 2.05. The van der Waals surface area contributed by atoms with Gasteiger partial charge in [-0.25, -0.2) is 5.26 Å². The van der Waals surface area contributed by atoms with E-state index in [4.69, 9.17) is 5.26 Å². The van der Waals surface area contributed by atoms with Crippen LogP contribution >= 0.6 is 0 Å². The molecule has 0 spiro atoms. The Hall–Kier alpha value is -2.06. The molecule has 3 aromatic rings. The molecule has 1 N–H and O–H groups in total. The summed E-state index contributed by atoms with van der Waals surface area (Å²) in [5.41, 5.74) is 0. The maximum Gasteiger partial charge on any atom is 0.165 e. The van der Waals surface area contributed by atoms with E-state index in [-0.39, 0.29) is 0 Å². The van der Waals surface area contributed by atoms with E-state index >= 15 is 0 Å². The topological polar surface area (TPSA) is 29.5 Å². The van der Waals surface area contributed by atoms with Crippen molar-refractivity contribution < 1.29 is 10.1 Å². The Morgan fingerprint density at radius 3 is 2.38 bits per heavy atom. The predicted octanol–water partition coefficient (Wildman–Crippen LogP) is 3.84. The summed E-state index contributed by atoms with van der Waals surface area (Å²) in [5, 5.41) is 13.3. The average molecular weight is 210 g/mol. The number of hydrogen-bond donors (Lipinski definition) is 1. The maximum absolute atomic E-state index is 8.61. The van der Waals surface area contributed by atoms with Gasteiger partial charge in [-0.15, -0.1) is 0 Å². The van der Waals surface area contributed by atoms with Crippen LogP contribution in [-0.4, -0.2) is 5.26 Å². The van der Waals surface area contributed by atoms with Crippen LogP contribution in [0, 0.1) is 0 Å². The Bertz CT molecular complexity index is 659. The summed E-state index contributed by atoms with van der Waals surface area (Å²) in [7, 11) is 0. The molecule has 0 saturated heterocycles. The quantitative estimate of drug-likeness (QED) is 0.375. The van der Waals surface area contributed by atoms with Crippen molar-refractivity contribution in [3.05, 3.63) is 54.6 Å². The third-order valence-corrected chi connectivity index (χ3v) is 2.82. The summed E-state index contributed by atoms with van der Waals surface area (Å²) < 4.78 is 0. The molecule has 0 aromatic heterocycles. The lowest BCUT2D eigenvalue weighted by atomic mass is 10.0. The molecule has 0 aliphatic carbocycles. The molecule has 0 bridgehead atoms. The van der Waals surface area contributed by atoms with Crippen LogP contribution in [0.5, 0.6) is 5.75 Å². The first kappa shape index (κ1) is 9.19. The van der Waals surface area contributed by atoms with Crippen LogP contribution in [0.15, 0.2) is 54.6 Å². The Morgan fingerprint density at radius 1 is 0.750 bits per heavy atom. The molecular weight excluding hydrogens is 200 g/mol. The molecule has 3 aromatic carbocycles. The van der Waals surface area contributed by atoms with Crippen LogP contribution in [0.3, 0.4) is 0 Å². The van der Waals surface area contributed by atoms with Crippen LogP contribution in [0.25, 0.3) is 21.5 Å². The van der Waals surface area contributed by atoms with E-state index in [2.05, 4.69) is 23.1 Å². The van der Waals surface area contributed by atoms with Crippen molar-refractivity contribution in [2.24, 2.45) is 0 Å². The van der Waals surface area contributed by atoms with Gasteiger partial charge in [0.1, 0.15) is 0 Å². The number of rotatable bonds is 1. The van der Waals surface area contributed by atoms with Crippen LogP contribution in [0.2, 0.25) is 0 Å². The van der Waals surface area contributed by atoms with E-state index in [1.54, 1.807) is 6.07 Å². The SMILES string of the molecule is OOc1ccc2c(ccc3ccccc32)c1. The first-order valence-electron chi connectivity index (χ1n) is 5.11. The Balaban J connectivity index is 2.43. The van der Waals surface area contributed by atoms with Crippen LogP contribution < -0.4 is 4.89 Å². The monoisotopic (exact) mass is 210 g/mol. The molecule has 3 rings (SSSR count). The van der Waals surface area contributed by atoms with Gasteiger partial charge in [-0.05, 0) is 39.7 Å². The Labute approximate surface area is 92.6 Å². The summed E-state index contributed by atoms with van der Waals surface area (Å²) >= 11 is 0. The molecule has 0 heterocycles. The van der Waals surface area contributed by atoms with Gasteiger partial charge in [-0.3, -0.25) is 0 Å². The van der Waals surface area contributed by atoms with Gasteiger partial charge in [0, 0.05) is 0 Å². The Kier molecular flexibility index (Phi) is 2.01. The van der Waals surface area contributed by atoms with E-state index in [0.717, 1.165) is 5.39 Å². The second-order valence-corrected chi connectivity index (χ2v) is 3.76. The van der Waals surface area contributed by atoms with Gasteiger partial charge in [-0.1, -0.05) is 36.4 Å². The van der Waals surface area contributed by atoms with Crippen LogP contribution in [0.1, 0.15) is 0 Å². The third kappa shape index (κ3) is 1.32. The fourth-order valence-electron chi connectivity index (χ4n) is 2.05. The van der Waals surface area contributed by atoms with Crippen molar-refractivity contribution in [3.63, 3.8) is 0 Å². The van der Waals surface area contributed by atoms with E-state index in [9.17, 15) is 0 Å². The minimum Gasteiger partial charge on any atom is -0.340 e. The molecule has 0 atom stereocenters. The molecule has 0 aliphatic heterocycles. The largest absolute Gasteiger partial charge is 0.340 e. The normalized spacial score (nSPS) is 10.8. The van der Waals surface area contributed by atoms with Crippen molar-refractivity contribution >= 4 is 21.5 Å². The second kappa shape index (κ2) is 3.51. The van der Waals surface area contributed by atoms with Crippen molar-refractivity contribution in [1.29, 1.82) is 0 Å². The molecule has 0 saturated carbocycles. The molecule has 0 aliphatic rings. The first-order valence-corrected chi connectivity index (χ1v) is 5.11. The maximum atomic E-state index is 8.61. The lowest BCUT2D eigenvalue weighted by Gasteiger charge is -2.04. The van der Waals surface area contributed by atoms with Gasteiger partial charge in [-0.2, -0.15) is 0 Å². The van der Waals surface area contributed by atoms with Gasteiger partial charge in [0.05, 0.1) is 0 Å². The standard InChI is InChI=1S/C14H10O2/c15-16-12-7-8-14-11(9-12)6-5-10-3-1-2-4-13(10)14/h1-9,15H. The smallest absolute Gasteiger partial charge is 0.165 e. The minimum absolute atomic E-state index is 0.461. The highest BCUT2D eigenvalue weighted by Crippen LogP contribution is 2.27. The van der Waals surface area contributed by atoms with Gasteiger partial charge in [0.25, 0.3) is 0 Å². The number of fused-ring (bicyclic) bond motifs is 3. The van der Waals surface area contributed by atoms with E-state index in [0.29, 0.717) is 5.75 Å². The lowest BCUT2D eigenvalue weighted by Crippen LogP contribution is -1.83. The molecule has 0 radical (unpaired) electrons. The average Bonchev–Trinajstić information content (AvgIpc) is 2.38. The Morgan fingerprint density at radius 2 is 1.50 bits per heavy atom. The molecule has 2 nitrogen and oxygen atoms in total. The van der Waals surface area contributed by atoms with E-state index in [1.165, 1.54) is 16.2 Å². The summed E-state index contributed by atoms with van der Waals surface area (Å²) in [4.78, 5) is 4.23. The van der Waals surface area contributed by atoms with Crippen LogP contribution in [0.4, 0.5) is 0 Å². The highest BCUT2D eigenvalue weighted by atomic mass is 17.1. The summed E-state index contributed by atoms with van der Waals surface area (Å²) in [6, 6.07) is 17.9. The van der Waals surface area contributed by atoms with Crippen LogP contribution in [-0.2, 0) is 0 Å². The summed E-state index contributed by atoms with van der Waals surface area (Å²) in [6.45, 7) is 0. The molecule has 0 amide bonds. The van der Waals surface area contributed by atoms with Gasteiger partial charge >= 0.3 is 0 Å². The zero-order valence-electron chi connectivity index (χ0n) is 8.55. The fraction of sp³-hybridized carbons (Fsp3) is 0. The van der Waals surface area contributed by atoms with Gasteiger partial charge in [0.2, 0.25) is 0 Å².